The molecule has 18 heavy (non-hydrogen) atoms. The van der Waals surface area contributed by atoms with Crippen LogP contribution in [0.2, 0.25) is 0 Å². The maximum absolute atomic E-state index is 12.1. The van der Waals surface area contributed by atoms with E-state index in [1.165, 1.54) is 6.20 Å². The van der Waals surface area contributed by atoms with Crippen LogP contribution in [0.25, 0.3) is 0 Å². The molecule has 0 bridgehead atoms. The number of rotatable bonds is 7. The number of nitrogens with two attached hydrogens (primary N) is 1. The second-order valence-corrected chi connectivity index (χ2v) is 5.96. The predicted molar refractivity (Wildman–Crippen MR) is 68.4 cm³/mol. The Hall–Kier alpha value is -1.12. The van der Waals surface area contributed by atoms with Crippen molar-refractivity contribution in [3.8, 4) is 0 Å². The molecule has 0 amide bonds. The molecular formula is C10H20N4O3S. The Kier molecular flexibility index (Phi) is 5.12. The molecule has 104 valence electrons. The van der Waals surface area contributed by atoms with Gasteiger partial charge in [0, 0.05) is 12.6 Å². The van der Waals surface area contributed by atoms with Crippen LogP contribution < -0.4 is 10.5 Å². The Morgan fingerprint density at radius 3 is 2.67 bits per heavy atom. The van der Waals surface area contributed by atoms with Gasteiger partial charge in [-0.15, -0.1) is 0 Å². The molecule has 0 saturated heterocycles. The number of hydrogen-bond acceptors (Lipinski definition) is 5. The average molecular weight is 276 g/mol. The van der Waals surface area contributed by atoms with Crippen LogP contribution in [0.3, 0.4) is 0 Å². The van der Waals surface area contributed by atoms with Gasteiger partial charge >= 0.3 is 0 Å². The summed E-state index contributed by atoms with van der Waals surface area (Å²) in [5.41, 5.74) is 5.51. The number of ether oxygens (including phenoxy) is 1. The van der Waals surface area contributed by atoms with E-state index in [1.807, 2.05) is 20.8 Å². The Bertz CT molecular complexity index is 469. The zero-order chi connectivity index (χ0) is 13.8. The Balaban J connectivity index is 2.83. The first-order valence-corrected chi connectivity index (χ1v) is 7.25. The fourth-order valence-corrected chi connectivity index (χ4v) is 2.76. The molecule has 0 aromatic carbocycles. The van der Waals surface area contributed by atoms with Crippen molar-refractivity contribution in [2.45, 2.75) is 31.7 Å². The highest BCUT2D eigenvalue weighted by molar-refractivity contribution is 7.89. The summed E-state index contributed by atoms with van der Waals surface area (Å²) in [6.45, 7) is 6.57. The maximum Gasteiger partial charge on any atom is 0.246 e. The Morgan fingerprint density at radius 2 is 2.22 bits per heavy atom. The van der Waals surface area contributed by atoms with Crippen LogP contribution in [0.15, 0.2) is 11.1 Å². The second kappa shape index (κ2) is 6.17. The van der Waals surface area contributed by atoms with Gasteiger partial charge in [0.1, 0.15) is 10.7 Å². The minimum atomic E-state index is -3.67. The van der Waals surface area contributed by atoms with Crippen molar-refractivity contribution in [1.29, 1.82) is 0 Å². The lowest BCUT2D eigenvalue weighted by molar-refractivity contribution is 0.116. The third kappa shape index (κ3) is 3.69. The van der Waals surface area contributed by atoms with Crippen molar-refractivity contribution in [2.24, 2.45) is 5.92 Å². The number of aromatic nitrogens is 2. The van der Waals surface area contributed by atoms with Crippen LogP contribution in [0.4, 0.5) is 5.82 Å². The van der Waals surface area contributed by atoms with E-state index in [0.717, 1.165) is 0 Å². The second-order valence-electron chi connectivity index (χ2n) is 4.28. The summed E-state index contributed by atoms with van der Waals surface area (Å²) in [4.78, 5) is -0.0374. The normalized spacial score (nSPS) is 14.0. The Labute approximate surface area is 107 Å². The fourth-order valence-electron chi connectivity index (χ4n) is 1.37. The highest BCUT2D eigenvalue weighted by Gasteiger charge is 2.25. The molecule has 1 aromatic heterocycles. The van der Waals surface area contributed by atoms with Crippen LogP contribution in [0.1, 0.15) is 20.8 Å². The molecule has 0 fully saturated rings. The van der Waals surface area contributed by atoms with Gasteiger partial charge in [-0.25, -0.2) is 13.1 Å². The summed E-state index contributed by atoms with van der Waals surface area (Å²) >= 11 is 0. The van der Waals surface area contributed by atoms with E-state index in [4.69, 9.17) is 10.5 Å². The van der Waals surface area contributed by atoms with Gasteiger partial charge in [0.2, 0.25) is 10.0 Å². The first kappa shape index (κ1) is 14.9. The van der Waals surface area contributed by atoms with E-state index >= 15 is 0 Å². The van der Waals surface area contributed by atoms with Gasteiger partial charge in [0.25, 0.3) is 0 Å². The van der Waals surface area contributed by atoms with Gasteiger partial charge in [-0.05, 0) is 12.8 Å². The molecule has 1 rings (SSSR count). The molecule has 0 saturated carbocycles. The summed E-state index contributed by atoms with van der Waals surface area (Å²) in [5.74, 6) is 0.140. The number of nitrogens with zero attached hydrogens (tertiary/aromatic N) is 1. The summed E-state index contributed by atoms with van der Waals surface area (Å²) < 4.78 is 32.0. The van der Waals surface area contributed by atoms with Gasteiger partial charge in [0.15, 0.2) is 0 Å². The van der Waals surface area contributed by atoms with Crippen LogP contribution in [-0.4, -0.2) is 37.9 Å². The van der Waals surface area contributed by atoms with Crippen LogP contribution in [0.5, 0.6) is 0 Å². The zero-order valence-electron chi connectivity index (χ0n) is 10.8. The third-order valence-electron chi connectivity index (χ3n) is 2.53. The number of anilines is 1. The Morgan fingerprint density at radius 1 is 1.56 bits per heavy atom. The largest absolute Gasteiger partial charge is 0.383 e. The zero-order valence-corrected chi connectivity index (χ0v) is 11.6. The summed E-state index contributed by atoms with van der Waals surface area (Å²) in [6.07, 6.45) is 1.19. The summed E-state index contributed by atoms with van der Waals surface area (Å²) in [6, 6.07) is -0.302. The number of hydrogen-bond donors (Lipinski definition) is 3. The number of sulfonamides is 1. The fraction of sp³-hybridized carbons (Fsp3) is 0.700. The van der Waals surface area contributed by atoms with E-state index in [2.05, 4.69) is 14.9 Å². The van der Waals surface area contributed by atoms with Gasteiger partial charge in [-0.2, -0.15) is 5.10 Å². The minimum absolute atomic E-state index is 0.0291. The molecule has 0 spiro atoms. The molecular weight excluding hydrogens is 256 g/mol. The van der Waals surface area contributed by atoms with Crippen LogP contribution in [-0.2, 0) is 14.8 Å². The molecule has 4 N–H and O–H groups in total. The standard InChI is InChI=1S/C10H20N4O3S/c1-4-17-6-8(7(2)3)14-18(15,16)9-5-12-13-10(9)11/h5,7-8,14H,4,6H2,1-3H3,(H3,11,12,13). The SMILES string of the molecule is CCOCC(NS(=O)(=O)c1cn[nH]c1N)C(C)C. The third-order valence-corrected chi connectivity index (χ3v) is 4.05. The molecule has 7 nitrogen and oxygen atoms in total. The monoisotopic (exact) mass is 276 g/mol. The molecule has 0 aliphatic rings. The van der Waals surface area contributed by atoms with Crippen LogP contribution in [0, 0.1) is 5.92 Å². The van der Waals surface area contributed by atoms with E-state index < -0.39 is 10.0 Å². The minimum Gasteiger partial charge on any atom is -0.383 e. The number of aromatic amines is 1. The number of nitrogens with one attached hydrogen (secondary N) is 2. The average Bonchev–Trinajstić information content (AvgIpc) is 2.71. The van der Waals surface area contributed by atoms with Gasteiger partial charge < -0.3 is 10.5 Å². The molecule has 0 aliphatic carbocycles. The predicted octanol–water partition coefficient (Wildman–Crippen LogP) is 0.331. The van der Waals surface area contributed by atoms with Gasteiger partial charge in [-0.3, -0.25) is 5.10 Å². The first-order chi connectivity index (χ1) is 8.38. The van der Waals surface area contributed by atoms with Gasteiger partial charge in [0.05, 0.1) is 12.8 Å². The smallest absolute Gasteiger partial charge is 0.246 e. The van der Waals surface area contributed by atoms with E-state index in [9.17, 15) is 8.42 Å². The lowest BCUT2D eigenvalue weighted by atomic mass is 10.1. The lowest BCUT2D eigenvalue weighted by Crippen LogP contribution is -2.41. The quantitative estimate of drug-likeness (QED) is 0.665. The summed E-state index contributed by atoms with van der Waals surface area (Å²) in [7, 11) is -3.67. The van der Waals surface area contributed by atoms with Crippen molar-refractivity contribution >= 4 is 15.8 Å². The lowest BCUT2D eigenvalue weighted by Gasteiger charge is -2.21. The van der Waals surface area contributed by atoms with Crippen molar-refractivity contribution in [3.05, 3.63) is 6.20 Å². The molecule has 1 unspecified atom stereocenters. The maximum atomic E-state index is 12.1. The van der Waals surface area contributed by atoms with Crippen LogP contribution >= 0.6 is 0 Å². The number of H-pyrrole nitrogens is 1. The topological polar surface area (TPSA) is 110 Å². The molecule has 0 aliphatic heterocycles. The van der Waals surface area contributed by atoms with E-state index in [1.54, 1.807) is 0 Å². The molecule has 1 heterocycles. The number of nitrogen functional groups attached to an aromatic ring is 1. The van der Waals surface area contributed by atoms with Crippen molar-refractivity contribution in [3.63, 3.8) is 0 Å². The van der Waals surface area contributed by atoms with Crippen molar-refractivity contribution in [1.82, 2.24) is 14.9 Å². The highest BCUT2D eigenvalue weighted by Crippen LogP contribution is 2.15. The van der Waals surface area contributed by atoms with E-state index in [-0.39, 0.29) is 22.7 Å². The van der Waals surface area contributed by atoms with E-state index in [0.29, 0.717) is 13.2 Å². The highest BCUT2D eigenvalue weighted by atomic mass is 32.2. The first-order valence-electron chi connectivity index (χ1n) is 5.77. The molecule has 1 aromatic rings. The molecule has 0 radical (unpaired) electrons. The van der Waals surface area contributed by atoms with Crippen molar-refractivity contribution in [2.75, 3.05) is 18.9 Å². The summed E-state index contributed by atoms with van der Waals surface area (Å²) in [5, 5.41) is 6.00. The molecule has 8 heteroatoms. The van der Waals surface area contributed by atoms with Crippen molar-refractivity contribution < 1.29 is 13.2 Å². The van der Waals surface area contributed by atoms with Gasteiger partial charge in [-0.1, -0.05) is 13.8 Å². The molecule has 1 atom stereocenters.